The summed E-state index contributed by atoms with van der Waals surface area (Å²) in [7, 11) is 1.98. The van der Waals surface area contributed by atoms with Gasteiger partial charge in [-0.25, -0.2) is 0 Å². The summed E-state index contributed by atoms with van der Waals surface area (Å²) in [6.07, 6.45) is 1.25. The normalized spacial score (nSPS) is 16.9. The quantitative estimate of drug-likeness (QED) is 0.898. The molecule has 0 radical (unpaired) electrons. The Bertz CT molecular complexity index is 400. The molecule has 1 aliphatic heterocycles. The van der Waals surface area contributed by atoms with Gasteiger partial charge in [-0.15, -0.1) is 0 Å². The van der Waals surface area contributed by atoms with Gasteiger partial charge in [0.15, 0.2) is 0 Å². The molecule has 3 nitrogen and oxygen atoms in total. The van der Waals surface area contributed by atoms with Crippen molar-refractivity contribution >= 4 is 21.6 Å². The third kappa shape index (κ3) is 3.94. The van der Waals surface area contributed by atoms with Gasteiger partial charge < -0.3 is 10.2 Å². The molecule has 19 heavy (non-hydrogen) atoms. The first-order valence-electron chi connectivity index (χ1n) is 7.15. The highest BCUT2D eigenvalue weighted by molar-refractivity contribution is 9.10. The zero-order chi connectivity index (χ0) is 13.7. The molecular weight excluding hydrogens is 302 g/mol. The van der Waals surface area contributed by atoms with Gasteiger partial charge in [0.1, 0.15) is 0 Å². The molecule has 1 saturated heterocycles. The van der Waals surface area contributed by atoms with Gasteiger partial charge in [-0.05, 0) is 37.7 Å². The Morgan fingerprint density at radius 3 is 2.53 bits per heavy atom. The van der Waals surface area contributed by atoms with Gasteiger partial charge in [0.2, 0.25) is 0 Å². The highest BCUT2D eigenvalue weighted by atomic mass is 79.9. The van der Waals surface area contributed by atoms with E-state index in [0.29, 0.717) is 0 Å². The molecule has 0 saturated carbocycles. The van der Waals surface area contributed by atoms with E-state index in [-0.39, 0.29) is 0 Å². The van der Waals surface area contributed by atoms with E-state index in [4.69, 9.17) is 0 Å². The lowest BCUT2D eigenvalue weighted by atomic mass is 10.1. The largest absolute Gasteiger partial charge is 0.369 e. The number of nitrogens with zero attached hydrogens (tertiary/aromatic N) is 2. The molecule has 0 amide bonds. The molecule has 2 rings (SSSR count). The molecule has 1 aromatic rings. The van der Waals surface area contributed by atoms with Crippen LogP contribution >= 0.6 is 15.9 Å². The maximum Gasteiger partial charge on any atom is 0.0378 e. The molecule has 0 aliphatic carbocycles. The monoisotopic (exact) mass is 325 g/mol. The Morgan fingerprint density at radius 1 is 1.21 bits per heavy atom. The zero-order valence-corrected chi connectivity index (χ0v) is 13.5. The maximum atomic E-state index is 3.67. The SMILES string of the molecule is CCCN1CCN(c2ccc(CNC)c(Br)c2)CC1. The lowest BCUT2D eigenvalue weighted by Gasteiger charge is -2.36. The van der Waals surface area contributed by atoms with Crippen molar-refractivity contribution < 1.29 is 0 Å². The number of rotatable bonds is 5. The van der Waals surface area contributed by atoms with Crippen molar-refractivity contribution in [2.75, 3.05) is 44.7 Å². The first kappa shape index (κ1) is 14.8. The van der Waals surface area contributed by atoms with E-state index >= 15 is 0 Å². The van der Waals surface area contributed by atoms with E-state index in [1.165, 1.54) is 41.8 Å². The molecule has 1 aromatic carbocycles. The number of nitrogens with one attached hydrogen (secondary N) is 1. The van der Waals surface area contributed by atoms with Crippen molar-refractivity contribution in [1.29, 1.82) is 0 Å². The second kappa shape index (κ2) is 7.27. The van der Waals surface area contributed by atoms with Gasteiger partial charge in [-0.2, -0.15) is 0 Å². The summed E-state index contributed by atoms with van der Waals surface area (Å²) < 4.78 is 1.20. The summed E-state index contributed by atoms with van der Waals surface area (Å²) in [6.45, 7) is 9.04. The molecular formula is C15H24BrN3. The average Bonchev–Trinajstić information content (AvgIpc) is 2.43. The third-order valence-corrected chi connectivity index (χ3v) is 4.42. The molecule has 0 aromatic heterocycles. The summed E-state index contributed by atoms with van der Waals surface area (Å²) in [6, 6.07) is 6.71. The lowest BCUT2D eigenvalue weighted by Crippen LogP contribution is -2.46. The van der Waals surface area contributed by atoms with Crippen LogP contribution < -0.4 is 10.2 Å². The molecule has 0 atom stereocenters. The van der Waals surface area contributed by atoms with Crippen LogP contribution in [0.25, 0.3) is 0 Å². The van der Waals surface area contributed by atoms with Crippen LogP contribution in [0.4, 0.5) is 5.69 Å². The number of benzene rings is 1. The predicted molar refractivity (Wildman–Crippen MR) is 85.8 cm³/mol. The molecule has 0 bridgehead atoms. The van der Waals surface area contributed by atoms with E-state index in [9.17, 15) is 0 Å². The minimum atomic E-state index is 0.908. The highest BCUT2D eigenvalue weighted by Gasteiger charge is 2.16. The molecule has 0 unspecified atom stereocenters. The van der Waals surface area contributed by atoms with Gasteiger partial charge in [-0.1, -0.05) is 28.9 Å². The van der Waals surface area contributed by atoms with Crippen molar-refractivity contribution in [3.63, 3.8) is 0 Å². The Kier molecular flexibility index (Phi) is 5.67. The fourth-order valence-electron chi connectivity index (χ4n) is 2.61. The van der Waals surface area contributed by atoms with Crippen LogP contribution in [0.15, 0.2) is 22.7 Å². The first-order valence-corrected chi connectivity index (χ1v) is 7.94. The molecule has 1 N–H and O–H groups in total. The van der Waals surface area contributed by atoms with E-state index in [0.717, 1.165) is 19.6 Å². The zero-order valence-electron chi connectivity index (χ0n) is 12.0. The van der Waals surface area contributed by atoms with Crippen LogP contribution in [0.2, 0.25) is 0 Å². The summed E-state index contributed by atoms with van der Waals surface area (Å²) in [5.74, 6) is 0. The van der Waals surface area contributed by atoms with Gasteiger partial charge in [0.25, 0.3) is 0 Å². The molecule has 1 fully saturated rings. The summed E-state index contributed by atoms with van der Waals surface area (Å²) in [4.78, 5) is 5.04. The van der Waals surface area contributed by atoms with Crippen molar-refractivity contribution in [1.82, 2.24) is 10.2 Å². The average molecular weight is 326 g/mol. The number of anilines is 1. The van der Waals surface area contributed by atoms with Crippen molar-refractivity contribution in [3.05, 3.63) is 28.2 Å². The van der Waals surface area contributed by atoms with Gasteiger partial charge >= 0.3 is 0 Å². The van der Waals surface area contributed by atoms with Gasteiger partial charge in [-0.3, -0.25) is 4.90 Å². The number of hydrogen-bond acceptors (Lipinski definition) is 3. The Labute approximate surface area is 125 Å². The standard InChI is InChI=1S/C15H24BrN3/c1-3-6-18-7-9-19(10-8-18)14-5-4-13(12-17-2)15(16)11-14/h4-5,11,17H,3,6-10,12H2,1-2H3. The molecule has 4 heteroatoms. The smallest absolute Gasteiger partial charge is 0.0378 e. The summed E-state index contributed by atoms with van der Waals surface area (Å²) in [5.41, 5.74) is 2.65. The fourth-order valence-corrected chi connectivity index (χ4v) is 3.12. The first-order chi connectivity index (χ1) is 9.24. The molecule has 1 heterocycles. The topological polar surface area (TPSA) is 18.5 Å². The number of hydrogen-bond donors (Lipinski definition) is 1. The van der Waals surface area contributed by atoms with Crippen LogP contribution in [0.1, 0.15) is 18.9 Å². The Balaban J connectivity index is 1.97. The van der Waals surface area contributed by atoms with E-state index in [2.05, 4.69) is 56.2 Å². The van der Waals surface area contributed by atoms with Crippen LogP contribution in [0, 0.1) is 0 Å². The van der Waals surface area contributed by atoms with E-state index in [1.54, 1.807) is 0 Å². The maximum absolute atomic E-state index is 3.67. The van der Waals surface area contributed by atoms with Gasteiger partial charge in [0.05, 0.1) is 0 Å². The Hall–Kier alpha value is -0.580. The van der Waals surface area contributed by atoms with Crippen LogP contribution in [-0.2, 0) is 6.54 Å². The van der Waals surface area contributed by atoms with E-state index < -0.39 is 0 Å². The van der Waals surface area contributed by atoms with Crippen LogP contribution in [0.3, 0.4) is 0 Å². The predicted octanol–water partition coefficient (Wildman–Crippen LogP) is 2.70. The Morgan fingerprint density at radius 2 is 1.95 bits per heavy atom. The van der Waals surface area contributed by atoms with Crippen molar-refractivity contribution in [3.8, 4) is 0 Å². The van der Waals surface area contributed by atoms with Crippen molar-refractivity contribution in [2.24, 2.45) is 0 Å². The molecule has 1 aliphatic rings. The second-order valence-electron chi connectivity index (χ2n) is 5.13. The minimum Gasteiger partial charge on any atom is -0.369 e. The van der Waals surface area contributed by atoms with Crippen LogP contribution in [-0.4, -0.2) is 44.7 Å². The number of halogens is 1. The molecule has 106 valence electrons. The van der Waals surface area contributed by atoms with E-state index in [1.807, 2.05) is 7.05 Å². The highest BCUT2D eigenvalue weighted by Crippen LogP contribution is 2.25. The third-order valence-electron chi connectivity index (χ3n) is 3.68. The number of piperazine rings is 1. The lowest BCUT2D eigenvalue weighted by molar-refractivity contribution is 0.258. The van der Waals surface area contributed by atoms with Gasteiger partial charge in [0, 0.05) is 42.9 Å². The van der Waals surface area contributed by atoms with Crippen molar-refractivity contribution in [2.45, 2.75) is 19.9 Å². The second-order valence-corrected chi connectivity index (χ2v) is 5.99. The van der Waals surface area contributed by atoms with Crippen LogP contribution in [0.5, 0.6) is 0 Å². The molecule has 0 spiro atoms. The summed E-state index contributed by atoms with van der Waals surface area (Å²) in [5, 5.41) is 3.19. The summed E-state index contributed by atoms with van der Waals surface area (Å²) >= 11 is 3.67. The minimum absolute atomic E-state index is 0.908. The fraction of sp³-hybridized carbons (Fsp3) is 0.600.